The highest BCUT2D eigenvalue weighted by Gasteiger charge is 2.11. The summed E-state index contributed by atoms with van der Waals surface area (Å²) in [6.07, 6.45) is 3.76. The molecule has 0 unspecified atom stereocenters. The molecule has 3 aromatic heterocycles. The number of aromatic nitrogens is 3. The Bertz CT molecular complexity index is 819. The number of pyridine rings is 2. The molecule has 0 saturated carbocycles. The van der Waals surface area contributed by atoms with Crippen molar-refractivity contribution in [1.82, 2.24) is 20.3 Å². The summed E-state index contributed by atoms with van der Waals surface area (Å²) in [6, 6.07) is 8.17. The summed E-state index contributed by atoms with van der Waals surface area (Å²) in [5.74, 6) is 1.64. The van der Waals surface area contributed by atoms with E-state index in [4.69, 9.17) is 0 Å². The summed E-state index contributed by atoms with van der Waals surface area (Å²) in [7, 11) is 0. The second-order valence-electron chi connectivity index (χ2n) is 5.82. The van der Waals surface area contributed by atoms with Gasteiger partial charge in [0.1, 0.15) is 11.6 Å². The monoisotopic (exact) mass is 308 g/mol. The van der Waals surface area contributed by atoms with Crippen LogP contribution in [0.2, 0.25) is 0 Å². The molecule has 118 valence electrons. The minimum atomic E-state index is 0.819. The maximum atomic E-state index is 4.63. The number of nitrogens with zero attached hydrogens (tertiary/aromatic N) is 3. The SMILES string of the molecule is Cc1cc(Nc2cc(N3CCNCC3)ccn2)nc2cc[nH]c12. The Kier molecular flexibility index (Phi) is 3.59. The molecule has 1 saturated heterocycles. The van der Waals surface area contributed by atoms with Crippen LogP contribution in [-0.2, 0) is 0 Å². The van der Waals surface area contributed by atoms with Crippen LogP contribution in [0.3, 0.4) is 0 Å². The van der Waals surface area contributed by atoms with E-state index in [9.17, 15) is 0 Å². The molecule has 3 N–H and O–H groups in total. The molecular weight excluding hydrogens is 288 g/mol. The van der Waals surface area contributed by atoms with E-state index in [0.717, 1.165) is 48.8 Å². The van der Waals surface area contributed by atoms with E-state index in [1.54, 1.807) is 0 Å². The first kappa shape index (κ1) is 14.0. The number of fused-ring (bicyclic) bond motifs is 1. The molecule has 0 bridgehead atoms. The van der Waals surface area contributed by atoms with E-state index in [0.29, 0.717) is 0 Å². The van der Waals surface area contributed by atoms with Crippen LogP contribution in [0.4, 0.5) is 17.3 Å². The molecule has 6 nitrogen and oxygen atoms in total. The first-order valence-electron chi connectivity index (χ1n) is 7.93. The van der Waals surface area contributed by atoms with E-state index in [1.165, 1.54) is 11.3 Å². The normalized spacial score (nSPS) is 15.1. The molecule has 0 amide bonds. The van der Waals surface area contributed by atoms with Gasteiger partial charge in [0.15, 0.2) is 0 Å². The van der Waals surface area contributed by atoms with Gasteiger partial charge in [-0.1, -0.05) is 0 Å². The van der Waals surface area contributed by atoms with Gasteiger partial charge in [-0.25, -0.2) is 9.97 Å². The Morgan fingerprint density at radius 2 is 2.00 bits per heavy atom. The average Bonchev–Trinajstić information content (AvgIpc) is 3.05. The van der Waals surface area contributed by atoms with Crippen LogP contribution in [0.1, 0.15) is 5.56 Å². The summed E-state index contributed by atoms with van der Waals surface area (Å²) in [5.41, 5.74) is 4.41. The zero-order chi connectivity index (χ0) is 15.6. The Balaban J connectivity index is 1.60. The topological polar surface area (TPSA) is 68.9 Å². The van der Waals surface area contributed by atoms with Gasteiger partial charge in [-0.05, 0) is 30.7 Å². The number of rotatable bonds is 3. The maximum Gasteiger partial charge on any atom is 0.133 e. The Morgan fingerprint density at radius 3 is 2.87 bits per heavy atom. The van der Waals surface area contributed by atoms with Crippen molar-refractivity contribution in [3.05, 3.63) is 42.2 Å². The number of aromatic amines is 1. The van der Waals surface area contributed by atoms with Crippen LogP contribution >= 0.6 is 0 Å². The molecule has 0 aromatic carbocycles. The number of nitrogens with one attached hydrogen (secondary N) is 3. The predicted octanol–water partition coefficient (Wildman–Crippen LogP) is 2.42. The zero-order valence-corrected chi connectivity index (χ0v) is 13.1. The van der Waals surface area contributed by atoms with E-state index in [2.05, 4.69) is 49.5 Å². The first-order chi connectivity index (χ1) is 11.3. The molecule has 0 atom stereocenters. The third-order valence-electron chi connectivity index (χ3n) is 4.20. The molecule has 1 fully saturated rings. The van der Waals surface area contributed by atoms with Crippen LogP contribution in [0.15, 0.2) is 36.7 Å². The van der Waals surface area contributed by atoms with Crippen LogP contribution in [0.5, 0.6) is 0 Å². The molecular formula is C17H20N6. The fourth-order valence-electron chi connectivity index (χ4n) is 3.01. The van der Waals surface area contributed by atoms with Crippen LogP contribution in [0, 0.1) is 6.92 Å². The number of piperazine rings is 1. The molecule has 6 heteroatoms. The molecule has 0 aliphatic carbocycles. The molecule has 0 spiro atoms. The second kappa shape index (κ2) is 5.89. The highest BCUT2D eigenvalue weighted by molar-refractivity contribution is 5.81. The lowest BCUT2D eigenvalue weighted by molar-refractivity contribution is 0.589. The molecule has 3 aromatic rings. The first-order valence-corrected chi connectivity index (χ1v) is 7.93. The molecule has 23 heavy (non-hydrogen) atoms. The summed E-state index contributed by atoms with van der Waals surface area (Å²) in [6.45, 7) is 6.18. The largest absolute Gasteiger partial charge is 0.369 e. The quantitative estimate of drug-likeness (QED) is 0.693. The lowest BCUT2D eigenvalue weighted by Gasteiger charge is -2.29. The van der Waals surface area contributed by atoms with Crippen LogP contribution in [0.25, 0.3) is 11.0 Å². The Labute approximate surface area is 134 Å². The predicted molar refractivity (Wildman–Crippen MR) is 93.4 cm³/mol. The molecule has 0 radical (unpaired) electrons. The van der Waals surface area contributed by atoms with Crippen molar-refractivity contribution in [1.29, 1.82) is 0 Å². The Morgan fingerprint density at radius 1 is 1.13 bits per heavy atom. The summed E-state index contributed by atoms with van der Waals surface area (Å²) >= 11 is 0. The van der Waals surface area contributed by atoms with E-state index >= 15 is 0 Å². The fraction of sp³-hybridized carbons (Fsp3) is 0.294. The van der Waals surface area contributed by atoms with Crippen molar-refractivity contribution in [2.45, 2.75) is 6.92 Å². The average molecular weight is 308 g/mol. The number of anilines is 3. The number of H-pyrrole nitrogens is 1. The van der Waals surface area contributed by atoms with Gasteiger partial charge in [-0.2, -0.15) is 0 Å². The van der Waals surface area contributed by atoms with Crippen molar-refractivity contribution in [2.24, 2.45) is 0 Å². The number of hydrogen-bond donors (Lipinski definition) is 3. The van der Waals surface area contributed by atoms with Crippen molar-refractivity contribution < 1.29 is 0 Å². The third-order valence-corrected chi connectivity index (χ3v) is 4.20. The number of aryl methyl sites for hydroxylation is 1. The molecule has 4 heterocycles. The zero-order valence-electron chi connectivity index (χ0n) is 13.1. The van der Waals surface area contributed by atoms with E-state index in [1.807, 2.05) is 24.5 Å². The molecule has 1 aliphatic rings. The molecule has 4 rings (SSSR count). The van der Waals surface area contributed by atoms with Crippen molar-refractivity contribution in [2.75, 3.05) is 36.4 Å². The van der Waals surface area contributed by atoms with Gasteiger partial charge in [0.2, 0.25) is 0 Å². The number of hydrogen-bond acceptors (Lipinski definition) is 5. The van der Waals surface area contributed by atoms with Crippen LogP contribution in [-0.4, -0.2) is 41.1 Å². The van der Waals surface area contributed by atoms with Gasteiger partial charge in [0.25, 0.3) is 0 Å². The van der Waals surface area contributed by atoms with Crippen molar-refractivity contribution in [3.8, 4) is 0 Å². The van der Waals surface area contributed by atoms with Crippen molar-refractivity contribution >= 4 is 28.4 Å². The van der Waals surface area contributed by atoms with Gasteiger partial charge in [0, 0.05) is 50.3 Å². The smallest absolute Gasteiger partial charge is 0.133 e. The minimum absolute atomic E-state index is 0.819. The van der Waals surface area contributed by atoms with E-state index in [-0.39, 0.29) is 0 Å². The highest BCUT2D eigenvalue weighted by atomic mass is 15.2. The minimum Gasteiger partial charge on any atom is -0.369 e. The van der Waals surface area contributed by atoms with Gasteiger partial charge >= 0.3 is 0 Å². The Hall–Kier alpha value is -2.60. The van der Waals surface area contributed by atoms with Gasteiger partial charge in [-0.15, -0.1) is 0 Å². The summed E-state index contributed by atoms with van der Waals surface area (Å²) in [5, 5.41) is 6.70. The van der Waals surface area contributed by atoms with Crippen molar-refractivity contribution in [3.63, 3.8) is 0 Å². The molecule has 1 aliphatic heterocycles. The van der Waals surface area contributed by atoms with E-state index < -0.39 is 0 Å². The standard InChI is InChI=1S/C17H20N6/c1-12-10-16(21-14-3-5-20-17(12)14)22-15-11-13(2-4-19-15)23-8-6-18-7-9-23/h2-5,10-11,18,20H,6-9H2,1H3,(H,19,21,22). The van der Waals surface area contributed by atoms with Crippen LogP contribution < -0.4 is 15.5 Å². The lowest BCUT2D eigenvalue weighted by Crippen LogP contribution is -2.43. The summed E-state index contributed by atoms with van der Waals surface area (Å²) in [4.78, 5) is 14.6. The lowest BCUT2D eigenvalue weighted by atomic mass is 10.2. The summed E-state index contributed by atoms with van der Waals surface area (Å²) < 4.78 is 0. The fourth-order valence-corrected chi connectivity index (χ4v) is 3.01. The highest BCUT2D eigenvalue weighted by Crippen LogP contribution is 2.23. The van der Waals surface area contributed by atoms with Gasteiger partial charge in [-0.3, -0.25) is 0 Å². The van der Waals surface area contributed by atoms with Gasteiger partial charge in [0.05, 0.1) is 11.0 Å². The van der Waals surface area contributed by atoms with Gasteiger partial charge < -0.3 is 20.5 Å². The maximum absolute atomic E-state index is 4.63. The third kappa shape index (κ3) is 2.85. The second-order valence-corrected chi connectivity index (χ2v) is 5.82.